The summed E-state index contributed by atoms with van der Waals surface area (Å²) in [6.45, 7) is 0. The number of nitrogens with zero attached hydrogens (tertiary/aromatic N) is 2. The number of nitrogens with two attached hydrogens (primary N) is 1. The topological polar surface area (TPSA) is 43.8 Å². The van der Waals surface area contributed by atoms with Gasteiger partial charge < -0.3 is 10.3 Å². The van der Waals surface area contributed by atoms with Gasteiger partial charge in [-0.15, -0.1) is 0 Å². The molecular weight excluding hydrogens is 269 g/mol. The predicted molar refractivity (Wildman–Crippen MR) is 75.1 cm³/mol. The lowest BCUT2D eigenvalue weighted by Crippen LogP contribution is -2.00. The van der Waals surface area contributed by atoms with E-state index in [0.717, 1.165) is 17.1 Å². The zero-order chi connectivity index (χ0) is 12.9. The highest BCUT2D eigenvalue weighted by Crippen LogP contribution is 2.42. The van der Waals surface area contributed by atoms with Crippen LogP contribution < -0.4 is 5.73 Å². The Morgan fingerprint density at radius 1 is 1.33 bits per heavy atom. The molecule has 1 aromatic heterocycles. The second-order valence-electron chi connectivity index (χ2n) is 4.66. The lowest BCUT2D eigenvalue weighted by Gasteiger charge is -2.03. The van der Waals surface area contributed by atoms with Crippen molar-refractivity contribution in [2.24, 2.45) is 7.05 Å². The van der Waals surface area contributed by atoms with Crippen molar-refractivity contribution in [2.45, 2.75) is 18.8 Å². The number of hydrogen-bond acceptors (Lipinski definition) is 2. The van der Waals surface area contributed by atoms with Gasteiger partial charge in [0.25, 0.3) is 0 Å². The molecule has 1 aliphatic carbocycles. The summed E-state index contributed by atoms with van der Waals surface area (Å²) in [7, 11) is 1.95. The van der Waals surface area contributed by atoms with Crippen molar-refractivity contribution >= 4 is 29.0 Å². The van der Waals surface area contributed by atoms with E-state index in [-0.39, 0.29) is 0 Å². The number of rotatable bonds is 2. The minimum absolute atomic E-state index is 0.553. The molecule has 0 amide bonds. The van der Waals surface area contributed by atoms with Gasteiger partial charge in [0, 0.05) is 23.6 Å². The number of aromatic nitrogens is 2. The van der Waals surface area contributed by atoms with Crippen LogP contribution in [0.4, 0.5) is 5.82 Å². The van der Waals surface area contributed by atoms with Crippen LogP contribution in [0.3, 0.4) is 0 Å². The fourth-order valence-electron chi connectivity index (χ4n) is 2.12. The summed E-state index contributed by atoms with van der Waals surface area (Å²) in [6, 6.07) is 5.37. The number of benzene rings is 1. The minimum Gasteiger partial charge on any atom is -0.383 e. The van der Waals surface area contributed by atoms with Crippen LogP contribution in [-0.2, 0) is 7.05 Å². The first kappa shape index (κ1) is 11.9. The average molecular weight is 282 g/mol. The van der Waals surface area contributed by atoms with Crippen LogP contribution >= 0.6 is 23.2 Å². The first-order chi connectivity index (χ1) is 8.58. The van der Waals surface area contributed by atoms with Crippen molar-refractivity contribution in [1.82, 2.24) is 9.55 Å². The van der Waals surface area contributed by atoms with Gasteiger partial charge in [-0.2, -0.15) is 0 Å². The van der Waals surface area contributed by atoms with Crippen molar-refractivity contribution in [3.8, 4) is 11.3 Å². The number of halogens is 2. The van der Waals surface area contributed by atoms with E-state index in [1.54, 1.807) is 12.1 Å². The van der Waals surface area contributed by atoms with E-state index in [9.17, 15) is 0 Å². The number of imidazole rings is 1. The van der Waals surface area contributed by atoms with E-state index < -0.39 is 0 Å². The highest BCUT2D eigenvalue weighted by molar-refractivity contribution is 6.36. The van der Waals surface area contributed by atoms with E-state index >= 15 is 0 Å². The average Bonchev–Trinajstić information content (AvgIpc) is 3.11. The molecule has 0 radical (unpaired) electrons. The molecule has 0 saturated heterocycles. The lowest BCUT2D eigenvalue weighted by atomic mass is 10.1. The monoisotopic (exact) mass is 281 g/mol. The predicted octanol–water partition coefficient (Wildman–Crippen LogP) is 3.85. The van der Waals surface area contributed by atoms with Gasteiger partial charge >= 0.3 is 0 Å². The van der Waals surface area contributed by atoms with Gasteiger partial charge in [0.05, 0.1) is 5.02 Å². The van der Waals surface area contributed by atoms with Crippen LogP contribution in [0.25, 0.3) is 11.3 Å². The van der Waals surface area contributed by atoms with Crippen LogP contribution in [-0.4, -0.2) is 9.55 Å². The number of nitrogen functional groups attached to an aromatic ring is 1. The second kappa shape index (κ2) is 4.18. The van der Waals surface area contributed by atoms with Crippen molar-refractivity contribution in [2.75, 3.05) is 5.73 Å². The molecule has 18 heavy (non-hydrogen) atoms. The Morgan fingerprint density at radius 3 is 2.67 bits per heavy atom. The van der Waals surface area contributed by atoms with E-state index in [1.807, 2.05) is 17.7 Å². The quantitative estimate of drug-likeness (QED) is 0.909. The molecule has 94 valence electrons. The Kier molecular flexibility index (Phi) is 2.76. The summed E-state index contributed by atoms with van der Waals surface area (Å²) in [5.41, 5.74) is 7.70. The Hall–Kier alpha value is -1.19. The van der Waals surface area contributed by atoms with Gasteiger partial charge in [-0.05, 0) is 31.0 Å². The molecule has 0 atom stereocenters. The van der Waals surface area contributed by atoms with Gasteiger partial charge in [-0.1, -0.05) is 23.2 Å². The maximum absolute atomic E-state index is 6.20. The third-order valence-electron chi connectivity index (χ3n) is 3.30. The summed E-state index contributed by atoms with van der Waals surface area (Å²) in [5, 5.41) is 1.19. The molecule has 0 bridgehead atoms. The minimum atomic E-state index is 0.553. The second-order valence-corrected chi connectivity index (χ2v) is 5.50. The number of anilines is 1. The van der Waals surface area contributed by atoms with E-state index in [2.05, 4.69) is 4.98 Å². The van der Waals surface area contributed by atoms with Gasteiger partial charge in [-0.25, -0.2) is 4.98 Å². The van der Waals surface area contributed by atoms with Crippen LogP contribution in [0.1, 0.15) is 24.6 Å². The zero-order valence-electron chi connectivity index (χ0n) is 9.95. The van der Waals surface area contributed by atoms with Crippen LogP contribution in [0.2, 0.25) is 10.0 Å². The fraction of sp³-hybridized carbons (Fsp3) is 0.308. The van der Waals surface area contributed by atoms with Gasteiger partial charge in [-0.3, -0.25) is 0 Å². The summed E-state index contributed by atoms with van der Waals surface area (Å²) in [5.74, 6) is 2.26. The smallest absolute Gasteiger partial charge is 0.131 e. The van der Waals surface area contributed by atoms with Crippen molar-refractivity contribution in [3.63, 3.8) is 0 Å². The first-order valence-electron chi connectivity index (χ1n) is 5.85. The zero-order valence-corrected chi connectivity index (χ0v) is 11.5. The van der Waals surface area contributed by atoms with Crippen molar-refractivity contribution < 1.29 is 0 Å². The maximum Gasteiger partial charge on any atom is 0.131 e. The van der Waals surface area contributed by atoms with E-state index in [0.29, 0.717) is 21.8 Å². The summed E-state index contributed by atoms with van der Waals surface area (Å²) in [4.78, 5) is 4.64. The third kappa shape index (κ3) is 1.88. The molecule has 3 rings (SSSR count). The SMILES string of the molecule is Cn1c(C2CC2)nc(-c2ccc(Cl)cc2Cl)c1N. The van der Waals surface area contributed by atoms with Crippen LogP contribution in [0, 0.1) is 0 Å². The lowest BCUT2D eigenvalue weighted by molar-refractivity contribution is 0.807. The molecule has 1 aliphatic rings. The molecule has 2 aromatic rings. The Balaban J connectivity index is 2.13. The largest absolute Gasteiger partial charge is 0.383 e. The molecule has 0 spiro atoms. The third-order valence-corrected chi connectivity index (χ3v) is 3.85. The molecule has 1 heterocycles. The molecule has 5 heteroatoms. The van der Waals surface area contributed by atoms with Crippen molar-refractivity contribution in [1.29, 1.82) is 0 Å². The normalized spacial score (nSPS) is 15.1. The summed E-state index contributed by atoms with van der Waals surface area (Å²) >= 11 is 12.1. The van der Waals surface area contributed by atoms with Crippen molar-refractivity contribution in [3.05, 3.63) is 34.1 Å². The van der Waals surface area contributed by atoms with Crippen LogP contribution in [0.15, 0.2) is 18.2 Å². The summed E-state index contributed by atoms with van der Waals surface area (Å²) < 4.78 is 1.96. The fourth-order valence-corrected chi connectivity index (χ4v) is 2.61. The molecule has 1 fully saturated rings. The number of hydrogen-bond donors (Lipinski definition) is 1. The molecule has 3 nitrogen and oxygen atoms in total. The molecule has 2 N–H and O–H groups in total. The Labute approximate surface area is 116 Å². The van der Waals surface area contributed by atoms with E-state index in [1.165, 1.54) is 12.8 Å². The molecule has 1 aromatic carbocycles. The first-order valence-corrected chi connectivity index (χ1v) is 6.61. The molecular formula is C13H13Cl2N3. The highest BCUT2D eigenvalue weighted by atomic mass is 35.5. The van der Waals surface area contributed by atoms with Gasteiger partial charge in [0.1, 0.15) is 17.3 Å². The molecule has 0 unspecified atom stereocenters. The van der Waals surface area contributed by atoms with Gasteiger partial charge in [0.15, 0.2) is 0 Å². The Morgan fingerprint density at radius 2 is 2.06 bits per heavy atom. The van der Waals surface area contributed by atoms with E-state index in [4.69, 9.17) is 28.9 Å². The standard InChI is InChI=1S/C13H13Cl2N3/c1-18-12(16)11(17-13(18)7-2-3-7)9-5-4-8(14)6-10(9)15/h4-7H,2-3,16H2,1H3. The van der Waals surface area contributed by atoms with Gasteiger partial charge in [0.2, 0.25) is 0 Å². The highest BCUT2D eigenvalue weighted by Gasteiger charge is 2.30. The maximum atomic E-state index is 6.20. The molecule has 1 saturated carbocycles. The Bertz CT molecular complexity index is 615. The summed E-state index contributed by atoms with van der Waals surface area (Å²) in [6.07, 6.45) is 2.39. The van der Waals surface area contributed by atoms with Crippen LogP contribution in [0.5, 0.6) is 0 Å². The molecule has 0 aliphatic heterocycles.